The molecule has 0 radical (unpaired) electrons. The van der Waals surface area contributed by atoms with Crippen LogP contribution in [-0.4, -0.2) is 32.8 Å². The molecule has 0 aliphatic carbocycles. The van der Waals surface area contributed by atoms with Crippen molar-refractivity contribution < 1.29 is 4.74 Å². The van der Waals surface area contributed by atoms with Gasteiger partial charge in [-0.3, -0.25) is 0 Å². The summed E-state index contributed by atoms with van der Waals surface area (Å²) in [6.07, 6.45) is 2.32. The molecule has 1 N–H and O–H groups in total. The molecule has 1 aromatic rings. The zero-order valence-electron chi connectivity index (χ0n) is 12.2. The van der Waals surface area contributed by atoms with Crippen molar-refractivity contribution in [2.24, 2.45) is 0 Å². The van der Waals surface area contributed by atoms with Gasteiger partial charge in [-0.05, 0) is 37.1 Å². The fraction of sp³-hybridized carbons (Fsp3) is 0.625. The molecule has 106 valence electrons. The third-order valence-electron chi connectivity index (χ3n) is 3.72. The first-order chi connectivity index (χ1) is 9.35. The third-order valence-corrected chi connectivity index (χ3v) is 3.72. The SMILES string of the molecule is CCCNC(CC)c1ccc(N2CCOCC2)cc1. The predicted octanol–water partition coefficient (Wildman–Crippen LogP) is 2.97. The van der Waals surface area contributed by atoms with E-state index in [0.717, 1.165) is 39.3 Å². The van der Waals surface area contributed by atoms with Gasteiger partial charge in [0.2, 0.25) is 0 Å². The standard InChI is InChI=1S/C16H26N2O/c1-3-9-17-16(4-2)14-5-7-15(8-6-14)18-10-12-19-13-11-18/h5-8,16-17H,3-4,9-13H2,1-2H3. The molecule has 1 saturated heterocycles. The zero-order chi connectivity index (χ0) is 13.5. The number of benzene rings is 1. The number of anilines is 1. The van der Waals surface area contributed by atoms with Gasteiger partial charge in [-0.15, -0.1) is 0 Å². The van der Waals surface area contributed by atoms with Crippen molar-refractivity contribution in [1.29, 1.82) is 0 Å². The number of ether oxygens (including phenoxy) is 1. The molecular weight excluding hydrogens is 236 g/mol. The number of nitrogens with one attached hydrogen (secondary N) is 1. The molecule has 1 heterocycles. The fourth-order valence-corrected chi connectivity index (χ4v) is 2.56. The number of morpholine rings is 1. The van der Waals surface area contributed by atoms with Gasteiger partial charge in [0, 0.05) is 24.8 Å². The van der Waals surface area contributed by atoms with Gasteiger partial charge >= 0.3 is 0 Å². The Kier molecular flexibility index (Phi) is 5.67. The van der Waals surface area contributed by atoms with Crippen LogP contribution < -0.4 is 10.2 Å². The molecule has 0 saturated carbocycles. The number of nitrogens with zero attached hydrogens (tertiary/aromatic N) is 1. The van der Waals surface area contributed by atoms with E-state index in [0.29, 0.717) is 6.04 Å². The summed E-state index contributed by atoms with van der Waals surface area (Å²) in [5.74, 6) is 0. The van der Waals surface area contributed by atoms with E-state index in [4.69, 9.17) is 4.74 Å². The molecule has 2 rings (SSSR count). The monoisotopic (exact) mass is 262 g/mol. The minimum atomic E-state index is 0.485. The van der Waals surface area contributed by atoms with Crippen molar-refractivity contribution in [3.63, 3.8) is 0 Å². The predicted molar refractivity (Wildman–Crippen MR) is 80.8 cm³/mol. The Labute approximate surface area is 116 Å². The van der Waals surface area contributed by atoms with Gasteiger partial charge in [0.15, 0.2) is 0 Å². The number of hydrogen-bond acceptors (Lipinski definition) is 3. The molecule has 3 nitrogen and oxygen atoms in total. The van der Waals surface area contributed by atoms with E-state index in [1.54, 1.807) is 0 Å². The van der Waals surface area contributed by atoms with Crippen molar-refractivity contribution in [1.82, 2.24) is 5.32 Å². The van der Waals surface area contributed by atoms with Crippen LogP contribution in [0.2, 0.25) is 0 Å². The summed E-state index contributed by atoms with van der Waals surface area (Å²) in [6, 6.07) is 9.51. The summed E-state index contributed by atoms with van der Waals surface area (Å²) in [7, 11) is 0. The van der Waals surface area contributed by atoms with E-state index < -0.39 is 0 Å². The minimum Gasteiger partial charge on any atom is -0.378 e. The molecule has 1 unspecified atom stereocenters. The Morgan fingerprint density at radius 2 is 1.84 bits per heavy atom. The van der Waals surface area contributed by atoms with E-state index in [1.165, 1.54) is 17.7 Å². The van der Waals surface area contributed by atoms with Gasteiger partial charge in [-0.2, -0.15) is 0 Å². The molecule has 1 fully saturated rings. The van der Waals surface area contributed by atoms with E-state index in [9.17, 15) is 0 Å². The van der Waals surface area contributed by atoms with Gasteiger partial charge in [0.05, 0.1) is 13.2 Å². The average molecular weight is 262 g/mol. The maximum atomic E-state index is 5.39. The van der Waals surface area contributed by atoms with Gasteiger partial charge in [-0.25, -0.2) is 0 Å². The summed E-state index contributed by atoms with van der Waals surface area (Å²) >= 11 is 0. The lowest BCUT2D eigenvalue weighted by atomic mass is 10.0. The van der Waals surface area contributed by atoms with Crippen LogP contribution >= 0.6 is 0 Å². The maximum Gasteiger partial charge on any atom is 0.0642 e. The van der Waals surface area contributed by atoms with Crippen LogP contribution in [-0.2, 0) is 4.74 Å². The van der Waals surface area contributed by atoms with Crippen LogP contribution in [0.5, 0.6) is 0 Å². The van der Waals surface area contributed by atoms with E-state index in [1.807, 2.05) is 0 Å². The molecule has 3 heteroatoms. The van der Waals surface area contributed by atoms with Gasteiger partial charge in [-0.1, -0.05) is 26.0 Å². The van der Waals surface area contributed by atoms with Gasteiger partial charge < -0.3 is 15.0 Å². The second kappa shape index (κ2) is 7.51. The molecule has 0 amide bonds. The Hall–Kier alpha value is -1.06. The highest BCUT2D eigenvalue weighted by Crippen LogP contribution is 2.21. The Morgan fingerprint density at radius 3 is 2.42 bits per heavy atom. The lowest BCUT2D eigenvalue weighted by Crippen LogP contribution is -2.36. The summed E-state index contributed by atoms with van der Waals surface area (Å²) in [4.78, 5) is 2.40. The summed E-state index contributed by atoms with van der Waals surface area (Å²) in [5.41, 5.74) is 2.71. The first-order valence-corrected chi connectivity index (χ1v) is 7.51. The topological polar surface area (TPSA) is 24.5 Å². The lowest BCUT2D eigenvalue weighted by molar-refractivity contribution is 0.122. The van der Waals surface area contributed by atoms with Gasteiger partial charge in [0.1, 0.15) is 0 Å². The molecule has 0 bridgehead atoms. The minimum absolute atomic E-state index is 0.485. The van der Waals surface area contributed by atoms with E-state index >= 15 is 0 Å². The lowest BCUT2D eigenvalue weighted by Gasteiger charge is -2.29. The highest BCUT2D eigenvalue weighted by atomic mass is 16.5. The van der Waals surface area contributed by atoms with Crippen LogP contribution in [0.15, 0.2) is 24.3 Å². The second-order valence-corrected chi connectivity index (χ2v) is 5.11. The summed E-state index contributed by atoms with van der Waals surface area (Å²) < 4.78 is 5.39. The first kappa shape index (κ1) is 14.4. The molecule has 19 heavy (non-hydrogen) atoms. The third kappa shape index (κ3) is 3.95. The van der Waals surface area contributed by atoms with Crippen molar-refractivity contribution in [3.8, 4) is 0 Å². The zero-order valence-corrected chi connectivity index (χ0v) is 12.2. The van der Waals surface area contributed by atoms with Crippen LogP contribution in [0.4, 0.5) is 5.69 Å². The maximum absolute atomic E-state index is 5.39. The molecule has 1 atom stereocenters. The molecule has 0 spiro atoms. The Balaban J connectivity index is 1.99. The summed E-state index contributed by atoms with van der Waals surface area (Å²) in [6.45, 7) is 9.23. The quantitative estimate of drug-likeness (QED) is 0.853. The van der Waals surface area contributed by atoms with Crippen molar-refractivity contribution in [2.45, 2.75) is 32.7 Å². The van der Waals surface area contributed by atoms with E-state index in [2.05, 4.69) is 48.3 Å². The van der Waals surface area contributed by atoms with Crippen molar-refractivity contribution >= 4 is 5.69 Å². The van der Waals surface area contributed by atoms with Crippen LogP contribution in [0.3, 0.4) is 0 Å². The summed E-state index contributed by atoms with van der Waals surface area (Å²) in [5, 5.41) is 3.60. The van der Waals surface area contributed by atoms with Crippen molar-refractivity contribution in [2.75, 3.05) is 37.7 Å². The average Bonchev–Trinajstić information content (AvgIpc) is 2.49. The Morgan fingerprint density at radius 1 is 1.16 bits per heavy atom. The van der Waals surface area contributed by atoms with Gasteiger partial charge in [0.25, 0.3) is 0 Å². The van der Waals surface area contributed by atoms with E-state index in [-0.39, 0.29) is 0 Å². The molecule has 0 aromatic heterocycles. The van der Waals surface area contributed by atoms with Crippen molar-refractivity contribution in [3.05, 3.63) is 29.8 Å². The first-order valence-electron chi connectivity index (χ1n) is 7.51. The molecule has 1 aromatic carbocycles. The highest BCUT2D eigenvalue weighted by molar-refractivity contribution is 5.48. The van der Waals surface area contributed by atoms with Crippen LogP contribution in [0, 0.1) is 0 Å². The molecule has 1 aliphatic rings. The smallest absolute Gasteiger partial charge is 0.0642 e. The highest BCUT2D eigenvalue weighted by Gasteiger charge is 2.12. The van der Waals surface area contributed by atoms with Crippen LogP contribution in [0.1, 0.15) is 38.3 Å². The molecule has 1 aliphatic heterocycles. The fourth-order valence-electron chi connectivity index (χ4n) is 2.56. The molecular formula is C16H26N2O. The normalized spacial score (nSPS) is 17.5. The largest absolute Gasteiger partial charge is 0.378 e. The number of hydrogen-bond donors (Lipinski definition) is 1. The van der Waals surface area contributed by atoms with Crippen LogP contribution in [0.25, 0.3) is 0 Å². The Bertz CT molecular complexity index is 358. The number of rotatable bonds is 6. The second-order valence-electron chi connectivity index (χ2n) is 5.11.